The number of aryl methyl sites for hydroxylation is 1. The zero-order valence-corrected chi connectivity index (χ0v) is 16.3. The fraction of sp³-hybridized carbons (Fsp3) is 0.250. The molecule has 0 saturated heterocycles. The lowest BCUT2D eigenvalue weighted by Gasteiger charge is -2.23. The van der Waals surface area contributed by atoms with Crippen molar-refractivity contribution in [1.82, 2.24) is 9.97 Å². The van der Waals surface area contributed by atoms with Gasteiger partial charge in [0.15, 0.2) is 0 Å². The van der Waals surface area contributed by atoms with Gasteiger partial charge in [0.2, 0.25) is 0 Å². The van der Waals surface area contributed by atoms with Crippen molar-refractivity contribution in [2.75, 3.05) is 0 Å². The molecule has 0 atom stereocenters. The third-order valence-corrected chi connectivity index (χ3v) is 4.84. The topological polar surface area (TPSA) is 25.8 Å². The zero-order valence-electron chi connectivity index (χ0n) is 16.3. The number of hydrogen-bond donors (Lipinski definition) is 0. The highest BCUT2D eigenvalue weighted by molar-refractivity contribution is 5.77. The Bertz CT molecular complexity index is 948. The third-order valence-electron chi connectivity index (χ3n) is 4.84. The van der Waals surface area contributed by atoms with Crippen LogP contribution in [-0.2, 0) is 5.41 Å². The summed E-state index contributed by atoms with van der Waals surface area (Å²) >= 11 is 0. The van der Waals surface area contributed by atoms with E-state index in [2.05, 4.69) is 69.6 Å². The zero-order chi connectivity index (χ0) is 18.9. The van der Waals surface area contributed by atoms with Crippen LogP contribution in [0.3, 0.4) is 0 Å². The standard InChI is InChI=1S/C24H26N2/c1-7-18-11-12-23(26-17(18)3)21-15-19(24(4,5)6)14-20(16(21)2)22-10-8-9-13-25-22/h7-15H,1H2,2-6H3. The molecule has 0 spiro atoms. The van der Waals surface area contributed by atoms with E-state index >= 15 is 0 Å². The van der Waals surface area contributed by atoms with Crippen LogP contribution in [0.2, 0.25) is 0 Å². The Hall–Kier alpha value is -2.74. The molecule has 0 aliphatic rings. The van der Waals surface area contributed by atoms with Gasteiger partial charge in [-0.25, -0.2) is 0 Å². The van der Waals surface area contributed by atoms with Crippen LogP contribution in [0.15, 0.2) is 55.2 Å². The highest BCUT2D eigenvalue weighted by Gasteiger charge is 2.20. The van der Waals surface area contributed by atoms with E-state index in [1.54, 1.807) is 0 Å². The Morgan fingerprint density at radius 1 is 0.923 bits per heavy atom. The first kappa shape index (κ1) is 18.1. The van der Waals surface area contributed by atoms with Crippen molar-refractivity contribution in [3.63, 3.8) is 0 Å². The van der Waals surface area contributed by atoms with Crippen LogP contribution < -0.4 is 0 Å². The van der Waals surface area contributed by atoms with Gasteiger partial charge in [-0.3, -0.25) is 9.97 Å². The van der Waals surface area contributed by atoms with Crippen LogP contribution in [-0.4, -0.2) is 9.97 Å². The number of rotatable bonds is 3. The molecule has 2 nitrogen and oxygen atoms in total. The minimum Gasteiger partial charge on any atom is -0.256 e. The molecule has 2 heteroatoms. The van der Waals surface area contributed by atoms with Crippen LogP contribution in [0, 0.1) is 13.8 Å². The summed E-state index contributed by atoms with van der Waals surface area (Å²) in [5.41, 5.74) is 8.92. The maximum atomic E-state index is 4.84. The second-order valence-corrected chi connectivity index (χ2v) is 7.74. The summed E-state index contributed by atoms with van der Waals surface area (Å²) in [6, 6.07) is 14.8. The largest absolute Gasteiger partial charge is 0.256 e. The van der Waals surface area contributed by atoms with Crippen molar-refractivity contribution in [2.24, 2.45) is 0 Å². The highest BCUT2D eigenvalue weighted by Crippen LogP contribution is 2.36. The normalized spacial score (nSPS) is 11.4. The lowest BCUT2D eigenvalue weighted by atomic mass is 9.82. The molecule has 0 aliphatic carbocycles. The Morgan fingerprint density at radius 2 is 1.62 bits per heavy atom. The average Bonchev–Trinajstić information content (AvgIpc) is 2.61. The highest BCUT2D eigenvalue weighted by atomic mass is 14.7. The molecule has 0 fully saturated rings. The summed E-state index contributed by atoms with van der Waals surface area (Å²) in [5.74, 6) is 0. The number of nitrogens with zero attached hydrogens (tertiary/aromatic N) is 2. The lowest BCUT2D eigenvalue weighted by molar-refractivity contribution is 0.590. The first-order valence-corrected chi connectivity index (χ1v) is 8.98. The van der Waals surface area contributed by atoms with E-state index in [0.29, 0.717) is 0 Å². The minimum absolute atomic E-state index is 0.0437. The lowest BCUT2D eigenvalue weighted by Crippen LogP contribution is -2.12. The van der Waals surface area contributed by atoms with Crippen molar-refractivity contribution in [3.05, 3.63) is 77.6 Å². The van der Waals surface area contributed by atoms with Gasteiger partial charge in [-0.1, -0.05) is 45.6 Å². The van der Waals surface area contributed by atoms with Gasteiger partial charge in [-0.05, 0) is 66.3 Å². The molecule has 0 aliphatic heterocycles. The summed E-state index contributed by atoms with van der Waals surface area (Å²) in [7, 11) is 0. The maximum absolute atomic E-state index is 4.84. The van der Waals surface area contributed by atoms with Crippen LogP contribution in [0.5, 0.6) is 0 Å². The maximum Gasteiger partial charge on any atom is 0.0708 e. The van der Waals surface area contributed by atoms with Crippen molar-refractivity contribution < 1.29 is 0 Å². The molecule has 0 saturated carbocycles. The van der Waals surface area contributed by atoms with Gasteiger partial charge in [-0.2, -0.15) is 0 Å². The molecular weight excluding hydrogens is 316 g/mol. The SMILES string of the molecule is C=Cc1ccc(-c2cc(C(C)(C)C)cc(-c3ccccn3)c2C)nc1C. The van der Waals surface area contributed by atoms with Gasteiger partial charge in [0.25, 0.3) is 0 Å². The predicted molar refractivity (Wildman–Crippen MR) is 111 cm³/mol. The van der Waals surface area contributed by atoms with E-state index in [-0.39, 0.29) is 5.41 Å². The first-order chi connectivity index (χ1) is 12.3. The summed E-state index contributed by atoms with van der Waals surface area (Å²) in [5, 5.41) is 0. The number of pyridine rings is 2. The molecule has 2 heterocycles. The second kappa shape index (κ2) is 6.87. The van der Waals surface area contributed by atoms with Gasteiger partial charge in [0.1, 0.15) is 0 Å². The van der Waals surface area contributed by atoms with Gasteiger partial charge in [0.05, 0.1) is 11.4 Å². The molecule has 0 radical (unpaired) electrons. The smallest absolute Gasteiger partial charge is 0.0708 e. The first-order valence-electron chi connectivity index (χ1n) is 8.98. The molecule has 3 aromatic rings. The molecular formula is C24H26N2. The quantitative estimate of drug-likeness (QED) is 0.553. The molecule has 3 rings (SSSR count). The fourth-order valence-electron chi connectivity index (χ4n) is 3.14. The van der Waals surface area contributed by atoms with Crippen LogP contribution in [0.25, 0.3) is 28.6 Å². The molecule has 0 amide bonds. The van der Waals surface area contributed by atoms with Crippen molar-refractivity contribution in [2.45, 2.75) is 40.0 Å². The molecule has 26 heavy (non-hydrogen) atoms. The molecule has 0 unspecified atom stereocenters. The van der Waals surface area contributed by atoms with Gasteiger partial charge < -0.3 is 0 Å². The third kappa shape index (κ3) is 3.45. The van der Waals surface area contributed by atoms with Crippen molar-refractivity contribution in [3.8, 4) is 22.5 Å². The number of hydrogen-bond acceptors (Lipinski definition) is 2. The number of aromatic nitrogens is 2. The molecule has 0 N–H and O–H groups in total. The van der Waals surface area contributed by atoms with Gasteiger partial charge >= 0.3 is 0 Å². The monoisotopic (exact) mass is 342 g/mol. The Kier molecular flexibility index (Phi) is 4.78. The molecule has 132 valence electrons. The van der Waals surface area contributed by atoms with E-state index in [4.69, 9.17) is 4.98 Å². The van der Waals surface area contributed by atoms with E-state index in [1.807, 2.05) is 31.3 Å². The summed E-state index contributed by atoms with van der Waals surface area (Å²) in [6.07, 6.45) is 3.70. The summed E-state index contributed by atoms with van der Waals surface area (Å²) in [6.45, 7) is 14.8. The second-order valence-electron chi connectivity index (χ2n) is 7.74. The Morgan fingerprint density at radius 3 is 2.15 bits per heavy atom. The van der Waals surface area contributed by atoms with Crippen LogP contribution in [0.1, 0.15) is 43.2 Å². The Balaban J connectivity index is 2.28. The fourth-order valence-corrected chi connectivity index (χ4v) is 3.14. The van der Waals surface area contributed by atoms with E-state index < -0.39 is 0 Å². The van der Waals surface area contributed by atoms with Crippen molar-refractivity contribution >= 4 is 6.08 Å². The van der Waals surface area contributed by atoms with Crippen LogP contribution in [0.4, 0.5) is 0 Å². The number of benzene rings is 1. The average molecular weight is 342 g/mol. The van der Waals surface area contributed by atoms with E-state index in [1.165, 1.54) is 16.7 Å². The van der Waals surface area contributed by atoms with E-state index in [0.717, 1.165) is 28.2 Å². The van der Waals surface area contributed by atoms with Gasteiger partial charge in [0, 0.05) is 23.0 Å². The van der Waals surface area contributed by atoms with E-state index in [9.17, 15) is 0 Å². The van der Waals surface area contributed by atoms with Crippen LogP contribution >= 0.6 is 0 Å². The summed E-state index contributed by atoms with van der Waals surface area (Å²) in [4.78, 5) is 9.42. The van der Waals surface area contributed by atoms with Gasteiger partial charge in [-0.15, -0.1) is 0 Å². The minimum atomic E-state index is 0.0437. The van der Waals surface area contributed by atoms with Crippen molar-refractivity contribution in [1.29, 1.82) is 0 Å². The molecule has 2 aromatic heterocycles. The molecule has 0 bridgehead atoms. The predicted octanol–water partition coefficient (Wildman–Crippen LogP) is 6.37. The molecule has 1 aromatic carbocycles. The summed E-state index contributed by atoms with van der Waals surface area (Å²) < 4.78 is 0. The Labute approximate surface area is 156 Å².